The molecule has 1 unspecified atom stereocenters. The Morgan fingerprint density at radius 3 is 2.62 bits per heavy atom. The zero-order valence-corrected chi connectivity index (χ0v) is 17.5. The van der Waals surface area contributed by atoms with Gasteiger partial charge in [0.15, 0.2) is 0 Å². The van der Waals surface area contributed by atoms with E-state index in [-0.39, 0.29) is 24.2 Å². The Hall–Kier alpha value is -2.15. The molecule has 29 heavy (non-hydrogen) atoms. The van der Waals surface area contributed by atoms with Crippen LogP contribution < -0.4 is 10.2 Å². The highest BCUT2D eigenvalue weighted by atomic mass is 35.5. The molecule has 1 aliphatic rings. The van der Waals surface area contributed by atoms with Crippen LogP contribution >= 0.6 is 23.2 Å². The maximum atomic E-state index is 13.2. The molecule has 1 N–H and O–H groups in total. The van der Waals surface area contributed by atoms with Gasteiger partial charge in [-0.1, -0.05) is 23.2 Å². The molecular formula is C21H22Cl2FN3O2. The molecule has 1 atom stereocenters. The number of nitrogens with zero attached hydrogens (tertiary/aromatic N) is 2. The quantitative estimate of drug-likeness (QED) is 0.718. The first-order valence-electron chi connectivity index (χ1n) is 9.45. The molecule has 0 bridgehead atoms. The lowest BCUT2D eigenvalue weighted by molar-refractivity contribution is -0.123. The Morgan fingerprint density at radius 2 is 1.93 bits per heavy atom. The van der Waals surface area contributed by atoms with Crippen LogP contribution in [0.3, 0.4) is 0 Å². The summed E-state index contributed by atoms with van der Waals surface area (Å²) >= 11 is 12.1. The highest BCUT2D eigenvalue weighted by Crippen LogP contribution is 2.27. The molecule has 0 radical (unpaired) electrons. The maximum Gasteiger partial charge on any atom is 0.241 e. The molecule has 3 rings (SSSR count). The third kappa shape index (κ3) is 5.26. The van der Waals surface area contributed by atoms with Gasteiger partial charge < -0.3 is 10.2 Å². The molecule has 1 saturated heterocycles. The molecule has 0 saturated carbocycles. The van der Waals surface area contributed by atoms with Crippen molar-refractivity contribution in [2.24, 2.45) is 0 Å². The van der Waals surface area contributed by atoms with E-state index in [1.807, 2.05) is 11.8 Å². The van der Waals surface area contributed by atoms with Gasteiger partial charge in [-0.25, -0.2) is 4.39 Å². The zero-order chi connectivity index (χ0) is 21.0. The van der Waals surface area contributed by atoms with Gasteiger partial charge in [0.2, 0.25) is 11.8 Å². The number of amides is 2. The van der Waals surface area contributed by atoms with E-state index >= 15 is 0 Å². The zero-order valence-electron chi connectivity index (χ0n) is 16.0. The molecule has 5 nitrogen and oxygen atoms in total. The highest BCUT2D eigenvalue weighted by Gasteiger charge is 2.33. The van der Waals surface area contributed by atoms with Gasteiger partial charge in [-0.2, -0.15) is 0 Å². The van der Waals surface area contributed by atoms with E-state index in [1.165, 1.54) is 12.1 Å². The summed E-state index contributed by atoms with van der Waals surface area (Å²) in [5, 5.41) is 3.69. The standard InChI is InChI=1S/C21H22Cl2FN3O2/c1-2-27(16-8-6-15(24)7-9-16)20(28)13-26-11-3-4-19(26)21(29)25-18-12-14(22)5-10-17(18)23/h5-10,12,19H,2-4,11,13H2,1H3,(H,25,29). The summed E-state index contributed by atoms with van der Waals surface area (Å²) < 4.78 is 13.2. The van der Waals surface area contributed by atoms with Crippen molar-refractivity contribution < 1.29 is 14.0 Å². The minimum absolute atomic E-state index is 0.104. The van der Waals surface area contributed by atoms with Crippen molar-refractivity contribution >= 4 is 46.4 Å². The van der Waals surface area contributed by atoms with Crippen molar-refractivity contribution in [3.05, 3.63) is 58.3 Å². The number of carbonyl (C=O) groups is 2. The van der Waals surface area contributed by atoms with Crippen molar-refractivity contribution in [2.45, 2.75) is 25.8 Å². The third-order valence-corrected chi connectivity index (χ3v) is 5.51. The average molecular weight is 438 g/mol. The van der Waals surface area contributed by atoms with Gasteiger partial charge in [0, 0.05) is 17.3 Å². The van der Waals surface area contributed by atoms with E-state index in [0.717, 1.165) is 6.42 Å². The van der Waals surface area contributed by atoms with Crippen LogP contribution in [0.25, 0.3) is 0 Å². The fraction of sp³-hybridized carbons (Fsp3) is 0.333. The Balaban J connectivity index is 1.68. The molecule has 0 spiro atoms. The number of likely N-dealkylation sites (tertiary alicyclic amines) is 1. The average Bonchev–Trinajstić information content (AvgIpc) is 3.15. The molecular weight excluding hydrogens is 416 g/mol. The van der Waals surface area contributed by atoms with E-state index < -0.39 is 6.04 Å². The molecule has 8 heteroatoms. The van der Waals surface area contributed by atoms with Crippen LogP contribution in [0.2, 0.25) is 10.0 Å². The molecule has 1 heterocycles. The summed E-state index contributed by atoms with van der Waals surface area (Å²) in [4.78, 5) is 29.1. The number of benzene rings is 2. The van der Waals surface area contributed by atoms with Crippen molar-refractivity contribution in [3.63, 3.8) is 0 Å². The Morgan fingerprint density at radius 1 is 1.21 bits per heavy atom. The number of nitrogens with one attached hydrogen (secondary N) is 1. The third-order valence-electron chi connectivity index (χ3n) is 4.95. The summed E-state index contributed by atoms with van der Waals surface area (Å²) in [7, 11) is 0. The van der Waals surface area contributed by atoms with Crippen molar-refractivity contribution in [3.8, 4) is 0 Å². The van der Waals surface area contributed by atoms with Crippen LogP contribution in [-0.4, -0.2) is 42.4 Å². The van der Waals surface area contributed by atoms with E-state index in [4.69, 9.17) is 23.2 Å². The SMILES string of the molecule is CCN(C(=O)CN1CCCC1C(=O)Nc1cc(Cl)ccc1Cl)c1ccc(F)cc1. The van der Waals surface area contributed by atoms with Gasteiger partial charge in [0.25, 0.3) is 0 Å². The largest absolute Gasteiger partial charge is 0.323 e. The smallest absolute Gasteiger partial charge is 0.241 e. The maximum absolute atomic E-state index is 13.2. The normalized spacial score (nSPS) is 16.6. The van der Waals surface area contributed by atoms with Crippen LogP contribution in [0.15, 0.2) is 42.5 Å². The Bertz CT molecular complexity index is 892. The predicted octanol–water partition coefficient (Wildman–Crippen LogP) is 4.59. The summed E-state index contributed by atoms with van der Waals surface area (Å²) in [6, 6.07) is 10.2. The van der Waals surface area contributed by atoms with Crippen LogP contribution in [0.4, 0.5) is 15.8 Å². The van der Waals surface area contributed by atoms with Gasteiger partial charge in [-0.05, 0) is 68.8 Å². The summed E-state index contributed by atoms with van der Waals surface area (Å²) in [5.74, 6) is -0.711. The van der Waals surface area contributed by atoms with Crippen molar-refractivity contribution in [1.82, 2.24) is 4.90 Å². The minimum Gasteiger partial charge on any atom is -0.323 e. The van der Waals surface area contributed by atoms with E-state index in [1.54, 1.807) is 35.2 Å². The molecule has 0 aliphatic carbocycles. The molecule has 2 aromatic rings. The Kier molecular flexibility index (Phi) is 7.11. The second kappa shape index (κ2) is 9.57. The first-order chi connectivity index (χ1) is 13.9. The second-order valence-corrected chi connectivity index (χ2v) is 7.70. The van der Waals surface area contributed by atoms with Crippen LogP contribution in [0.5, 0.6) is 0 Å². The molecule has 1 aliphatic heterocycles. The Labute approximate surface area is 179 Å². The molecule has 154 valence electrons. The first-order valence-corrected chi connectivity index (χ1v) is 10.2. The lowest BCUT2D eigenvalue weighted by Crippen LogP contribution is -2.46. The number of likely N-dealkylation sites (N-methyl/N-ethyl adjacent to an activating group) is 1. The number of halogens is 3. The number of carbonyl (C=O) groups excluding carboxylic acids is 2. The molecule has 0 aromatic heterocycles. The molecule has 2 amide bonds. The first kappa shape index (κ1) is 21.6. The lowest BCUT2D eigenvalue weighted by atomic mass is 10.2. The number of hydrogen-bond acceptors (Lipinski definition) is 3. The molecule has 2 aromatic carbocycles. The fourth-order valence-corrected chi connectivity index (χ4v) is 3.84. The number of rotatable bonds is 6. The van der Waals surface area contributed by atoms with Gasteiger partial charge in [-0.15, -0.1) is 0 Å². The van der Waals surface area contributed by atoms with E-state index in [0.29, 0.717) is 40.9 Å². The van der Waals surface area contributed by atoms with E-state index in [2.05, 4.69) is 5.32 Å². The summed E-state index contributed by atoms with van der Waals surface area (Å²) in [6.45, 7) is 3.06. The van der Waals surface area contributed by atoms with Crippen molar-refractivity contribution in [2.75, 3.05) is 29.9 Å². The van der Waals surface area contributed by atoms with Gasteiger partial charge in [0.05, 0.1) is 23.3 Å². The monoisotopic (exact) mass is 437 g/mol. The molecule has 1 fully saturated rings. The van der Waals surface area contributed by atoms with Gasteiger partial charge in [0.1, 0.15) is 5.82 Å². The van der Waals surface area contributed by atoms with Gasteiger partial charge >= 0.3 is 0 Å². The second-order valence-electron chi connectivity index (χ2n) is 6.86. The van der Waals surface area contributed by atoms with Crippen molar-refractivity contribution in [1.29, 1.82) is 0 Å². The van der Waals surface area contributed by atoms with E-state index in [9.17, 15) is 14.0 Å². The highest BCUT2D eigenvalue weighted by molar-refractivity contribution is 6.35. The number of anilines is 2. The fourth-order valence-electron chi connectivity index (χ4n) is 3.50. The predicted molar refractivity (Wildman–Crippen MR) is 114 cm³/mol. The van der Waals surface area contributed by atoms with Gasteiger partial charge in [-0.3, -0.25) is 14.5 Å². The van der Waals surface area contributed by atoms with Crippen LogP contribution in [0.1, 0.15) is 19.8 Å². The summed E-state index contributed by atoms with van der Waals surface area (Å²) in [5.41, 5.74) is 1.08. The lowest BCUT2D eigenvalue weighted by Gasteiger charge is -2.27. The number of hydrogen-bond donors (Lipinski definition) is 1. The topological polar surface area (TPSA) is 52.7 Å². The van der Waals surface area contributed by atoms with Crippen LogP contribution in [-0.2, 0) is 9.59 Å². The minimum atomic E-state index is -0.430. The summed E-state index contributed by atoms with van der Waals surface area (Å²) in [6.07, 6.45) is 1.47. The van der Waals surface area contributed by atoms with Crippen LogP contribution in [0, 0.1) is 5.82 Å².